The summed E-state index contributed by atoms with van der Waals surface area (Å²) in [5.41, 5.74) is -3.75. The van der Waals surface area contributed by atoms with E-state index in [1.807, 2.05) is 0 Å². The van der Waals surface area contributed by atoms with E-state index in [1.165, 1.54) is 42.2 Å². The molecule has 0 fully saturated rings. The zero-order chi connectivity index (χ0) is 28.0. The molecule has 0 aliphatic carbocycles. The van der Waals surface area contributed by atoms with Gasteiger partial charge in [0.15, 0.2) is 12.2 Å². The molecule has 38 heavy (non-hydrogen) atoms. The van der Waals surface area contributed by atoms with Gasteiger partial charge < -0.3 is 19.8 Å². The fourth-order valence-electron chi connectivity index (χ4n) is 4.60. The van der Waals surface area contributed by atoms with E-state index < -0.39 is 46.5 Å². The molecule has 6 nitrogen and oxygen atoms in total. The van der Waals surface area contributed by atoms with E-state index in [4.69, 9.17) is 21.4 Å². The van der Waals surface area contributed by atoms with E-state index in [0.717, 1.165) is 24.3 Å². The van der Waals surface area contributed by atoms with Gasteiger partial charge in [0.25, 0.3) is 5.91 Å². The van der Waals surface area contributed by atoms with Gasteiger partial charge in [0.1, 0.15) is 11.6 Å². The molecule has 0 saturated carbocycles. The highest BCUT2D eigenvalue weighted by atomic mass is 35.5. The maximum atomic E-state index is 14.5. The molecule has 1 aliphatic rings. The number of hydrogen-bond acceptors (Lipinski definition) is 4. The highest BCUT2D eigenvalue weighted by Gasteiger charge is 2.59. The first-order valence-corrected chi connectivity index (χ1v) is 11.9. The Hall–Kier alpha value is -3.63. The number of rotatable bonds is 6. The van der Waals surface area contributed by atoms with Crippen molar-refractivity contribution in [1.82, 2.24) is 0 Å². The summed E-state index contributed by atoms with van der Waals surface area (Å²) in [6, 6.07) is 10.9. The summed E-state index contributed by atoms with van der Waals surface area (Å²) in [4.78, 5) is 24.6. The normalized spacial score (nSPS) is 15.9. The van der Waals surface area contributed by atoms with E-state index in [1.54, 1.807) is 6.92 Å². The first-order valence-electron chi connectivity index (χ1n) is 11.5. The lowest BCUT2D eigenvalue weighted by Gasteiger charge is -2.38. The van der Waals surface area contributed by atoms with Gasteiger partial charge in [-0.1, -0.05) is 42.8 Å². The van der Waals surface area contributed by atoms with Crippen LogP contribution in [0.1, 0.15) is 41.3 Å². The van der Waals surface area contributed by atoms with E-state index >= 15 is 0 Å². The lowest BCUT2D eigenvalue weighted by atomic mass is 9.77. The number of hydrogen-bond donors (Lipinski definition) is 2. The molecular weight excluding hydrogens is 530 g/mol. The first-order chi connectivity index (χ1) is 17.8. The lowest BCUT2D eigenvalue weighted by molar-refractivity contribution is -0.274. The number of halogens is 5. The van der Waals surface area contributed by atoms with Gasteiger partial charge in [-0.2, -0.15) is 13.2 Å². The van der Waals surface area contributed by atoms with Crippen molar-refractivity contribution in [3.05, 3.63) is 82.1 Å². The average molecular weight is 552 g/mol. The number of carboxylic acids is 1. The number of anilines is 1. The van der Waals surface area contributed by atoms with Crippen LogP contribution in [0.2, 0.25) is 5.02 Å². The van der Waals surface area contributed by atoms with Gasteiger partial charge >= 0.3 is 12.1 Å². The molecule has 3 aromatic rings. The van der Waals surface area contributed by atoms with Crippen molar-refractivity contribution in [1.29, 1.82) is 0 Å². The van der Waals surface area contributed by atoms with Crippen molar-refractivity contribution >= 4 is 29.2 Å². The number of fused-ring (bicyclic) bond motifs is 1. The Bertz CT molecular complexity index is 1430. The number of ether oxygens (including phenoxy) is 1. The Kier molecular flexibility index (Phi) is 7.15. The molecule has 200 valence electrons. The minimum Gasteiger partial charge on any atom is -0.482 e. The Balaban J connectivity index is 1.77. The van der Waals surface area contributed by atoms with E-state index in [2.05, 4.69) is 0 Å². The van der Waals surface area contributed by atoms with Gasteiger partial charge in [-0.25, -0.2) is 9.18 Å². The molecule has 1 aliphatic heterocycles. The second-order valence-corrected chi connectivity index (χ2v) is 9.24. The van der Waals surface area contributed by atoms with E-state index in [-0.39, 0.29) is 40.7 Å². The molecule has 1 heterocycles. The molecule has 3 aromatic carbocycles. The molecular formula is C27H22ClF4NO5. The average Bonchev–Trinajstić information content (AvgIpc) is 2.86. The summed E-state index contributed by atoms with van der Waals surface area (Å²) in [6.07, 6.45) is -5.14. The lowest BCUT2D eigenvalue weighted by Crippen LogP contribution is -2.47. The van der Waals surface area contributed by atoms with Crippen molar-refractivity contribution in [2.45, 2.75) is 31.5 Å². The molecule has 0 aromatic heterocycles. The number of carbonyl (C=O) groups is 2. The van der Waals surface area contributed by atoms with Crippen LogP contribution >= 0.6 is 11.6 Å². The van der Waals surface area contributed by atoms with Gasteiger partial charge in [-0.3, -0.25) is 4.79 Å². The first kappa shape index (κ1) is 27.4. The van der Waals surface area contributed by atoms with Gasteiger partial charge in [0, 0.05) is 17.5 Å². The van der Waals surface area contributed by atoms with Crippen LogP contribution in [-0.4, -0.2) is 41.4 Å². The Morgan fingerprint density at radius 1 is 1.11 bits per heavy atom. The number of nitrogens with zero attached hydrogens (tertiary/aromatic N) is 1. The number of aromatic carboxylic acids is 1. The SMILES string of the molecule is CCN1C(=O)COc2ccc([C@](O)([C@H](C)c3ccc(-c4ccc(C(=O)O)c(F)c4)cc3Cl)C(F)(F)F)cc21. The molecule has 4 rings (SSSR count). The van der Waals surface area contributed by atoms with Gasteiger partial charge in [0.2, 0.25) is 0 Å². The second-order valence-electron chi connectivity index (χ2n) is 8.83. The predicted molar refractivity (Wildman–Crippen MR) is 132 cm³/mol. The number of amides is 1. The minimum absolute atomic E-state index is 0.0322. The minimum atomic E-state index is -5.14. The fourth-order valence-corrected chi connectivity index (χ4v) is 4.94. The summed E-state index contributed by atoms with van der Waals surface area (Å²) in [6.45, 7) is 2.79. The standard InChI is InChI=1S/C27H22ClF4NO5/c1-3-33-22-12-17(6-9-23(22)38-13-24(33)34)26(37,27(30,31)32)14(2)18-7-4-15(10-20(18)28)16-5-8-19(25(35)36)21(29)11-16/h4-12,14,37H,3,13H2,1-2H3,(H,35,36)/t14-,26-/m1/s1. The summed E-state index contributed by atoms with van der Waals surface area (Å²) < 4.78 is 63.1. The van der Waals surface area contributed by atoms with E-state index in [9.17, 15) is 32.3 Å². The summed E-state index contributed by atoms with van der Waals surface area (Å²) in [5.74, 6) is -4.24. The van der Waals surface area contributed by atoms with Crippen LogP contribution in [0.4, 0.5) is 23.2 Å². The van der Waals surface area contributed by atoms with Crippen LogP contribution in [0.25, 0.3) is 11.1 Å². The van der Waals surface area contributed by atoms with Crippen LogP contribution in [0.5, 0.6) is 5.75 Å². The van der Waals surface area contributed by atoms with Crippen molar-refractivity contribution in [3.63, 3.8) is 0 Å². The molecule has 0 bridgehead atoms. The number of carboxylic acid groups (broad SMARTS) is 1. The van der Waals surface area contributed by atoms with Crippen LogP contribution in [0, 0.1) is 5.82 Å². The van der Waals surface area contributed by atoms with Gasteiger partial charge in [-0.15, -0.1) is 0 Å². The molecule has 11 heteroatoms. The molecule has 0 radical (unpaired) electrons. The number of carbonyl (C=O) groups excluding carboxylic acids is 1. The topological polar surface area (TPSA) is 87.1 Å². The van der Waals surface area contributed by atoms with Crippen LogP contribution < -0.4 is 9.64 Å². The van der Waals surface area contributed by atoms with E-state index in [0.29, 0.717) is 5.56 Å². The second kappa shape index (κ2) is 9.92. The molecule has 0 saturated heterocycles. The quantitative estimate of drug-likeness (QED) is 0.359. The third-order valence-electron chi connectivity index (χ3n) is 6.72. The number of benzene rings is 3. The maximum absolute atomic E-state index is 14.5. The number of alkyl halides is 3. The third-order valence-corrected chi connectivity index (χ3v) is 7.04. The van der Waals surface area contributed by atoms with Gasteiger partial charge in [0.05, 0.1) is 11.3 Å². The Morgan fingerprint density at radius 3 is 2.34 bits per heavy atom. The zero-order valence-electron chi connectivity index (χ0n) is 20.1. The highest BCUT2D eigenvalue weighted by Crippen LogP contribution is 2.51. The van der Waals surface area contributed by atoms with Crippen molar-refractivity contribution < 1.29 is 42.1 Å². The molecule has 0 unspecified atom stereocenters. The Labute approximate surface area is 220 Å². The summed E-state index contributed by atoms with van der Waals surface area (Å²) >= 11 is 6.38. The largest absolute Gasteiger partial charge is 0.482 e. The molecule has 2 atom stereocenters. The smallest absolute Gasteiger partial charge is 0.422 e. The maximum Gasteiger partial charge on any atom is 0.422 e. The summed E-state index contributed by atoms with van der Waals surface area (Å²) in [5, 5.41) is 20.2. The Morgan fingerprint density at radius 2 is 1.76 bits per heavy atom. The number of aliphatic hydroxyl groups is 1. The zero-order valence-corrected chi connectivity index (χ0v) is 20.9. The van der Waals surface area contributed by atoms with Gasteiger partial charge in [-0.05, 0) is 59.5 Å². The molecule has 1 amide bonds. The molecule has 0 spiro atoms. The predicted octanol–water partition coefficient (Wildman–Crippen LogP) is 6.14. The van der Waals surface area contributed by atoms with Crippen LogP contribution in [-0.2, 0) is 10.4 Å². The third kappa shape index (κ3) is 4.58. The number of likely N-dealkylation sites (N-methyl/N-ethyl adjacent to an activating group) is 1. The van der Waals surface area contributed by atoms with Crippen molar-refractivity contribution in [2.75, 3.05) is 18.1 Å². The van der Waals surface area contributed by atoms with Crippen molar-refractivity contribution in [3.8, 4) is 16.9 Å². The fraction of sp³-hybridized carbons (Fsp3) is 0.259. The highest BCUT2D eigenvalue weighted by molar-refractivity contribution is 6.31. The monoisotopic (exact) mass is 551 g/mol. The summed E-state index contributed by atoms with van der Waals surface area (Å²) in [7, 11) is 0. The van der Waals surface area contributed by atoms with Crippen LogP contribution in [0.3, 0.4) is 0 Å². The van der Waals surface area contributed by atoms with Crippen molar-refractivity contribution in [2.24, 2.45) is 0 Å². The van der Waals surface area contributed by atoms with Crippen LogP contribution in [0.15, 0.2) is 54.6 Å². The molecule has 2 N–H and O–H groups in total.